The molecule has 0 bridgehead atoms. The molecule has 0 radical (unpaired) electrons. The molecule has 0 aliphatic carbocycles. The topological polar surface area (TPSA) is 56.3 Å². The van der Waals surface area contributed by atoms with E-state index in [1.807, 2.05) is 6.92 Å². The molecule has 18 heavy (non-hydrogen) atoms. The van der Waals surface area contributed by atoms with Crippen LogP contribution in [0.4, 0.5) is 5.82 Å². The van der Waals surface area contributed by atoms with Gasteiger partial charge in [0.1, 0.15) is 12.1 Å². The summed E-state index contributed by atoms with van der Waals surface area (Å²) in [5.41, 5.74) is 0.977. The van der Waals surface area contributed by atoms with Crippen LogP contribution in [0.15, 0.2) is 6.33 Å². The molecule has 2 heterocycles. The Kier molecular flexibility index (Phi) is 4.75. The highest BCUT2D eigenvalue weighted by Gasteiger charge is 2.17. The lowest BCUT2D eigenvalue weighted by Gasteiger charge is -2.13. The molecule has 1 aromatic heterocycles. The Morgan fingerprint density at radius 1 is 1.50 bits per heavy atom. The van der Waals surface area contributed by atoms with E-state index in [4.69, 9.17) is 9.47 Å². The van der Waals surface area contributed by atoms with Crippen LogP contribution in [0.2, 0.25) is 0 Å². The Hall–Kier alpha value is -1.36. The zero-order valence-corrected chi connectivity index (χ0v) is 11.1. The Balaban J connectivity index is 1.94. The van der Waals surface area contributed by atoms with Gasteiger partial charge in [0.25, 0.3) is 0 Å². The first-order chi connectivity index (χ1) is 8.81. The molecule has 0 saturated carbocycles. The van der Waals surface area contributed by atoms with Crippen molar-refractivity contribution in [1.82, 2.24) is 9.97 Å². The van der Waals surface area contributed by atoms with E-state index >= 15 is 0 Å². The molecule has 1 aliphatic rings. The van der Waals surface area contributed by atoms with Crippen LogP contribution in [-0.2, 0) is 4.74 Å². The van der Waals surface area contributed by atoms with Crippen LogP contribution in [0.1, 0.15) is 25.3 Å². The molecule has 1 aromatic rings. The average Bonchev–Trinajstić information content (AvgIpc) is 2.89. The Labute approximate surface area is 108 Å². The lowest BCUT2D eigenvalue weighted by molar-refractivity contribution is 0.165. The second-order valence-corrected chi connectivity index (χ2v) is 4.62. The van der Waals surface area contributed by atoms with Crippen LogP contribution in [0, 0.1) is 12.8 Å². The second kappa shape index (κ2) is 6.54. The fourth-order valence-corrected chi connectivity index (χ4v) is 1.91. The Morgan fingerprint density at radius 2 is 2.39 bits per heavy atom. The molecule has 1 fully saturated rings. The Morgan fingerprint density at radius 3 is 3.11 bits per heavy atom. The number of nitrogens with zero attached hydrogens (tertiary/aromatic N) is 2. The van der Waals surface area contributed by atoms with Gasteiger partial charge in [0.05, 0.1) is 18.8 Å². The molecular weight excluding hydrogens is 230 g/mol. The summed E-state index contributed by atoms with van der Waals surface area (Å²) in [4.78, 5) is 8.42. The standard InChI is InChI=1S/C13H21N3O2/c1-3-5-14-12-10(2)13(16-9-15-12)18-8-11-4-6-17-7-11/h9,11H,3-8H2,1-2H3,(H,14,15,16). The van der Waals surface area contributed by atoms with E-state index in [0.29, 0.717) is 18.4 Å². The van der Waals surface area contributed by atoms with E-state index in [1.54, 1.807) is 6.33 Å². The fraction of sp³-hybridized carbons (Fsp3) is 0.692. The smallest absolute Gasteiger partial charge is 0.221 e. The van der Waals surface area contributed by atoms with Gasteiger partial charge in [-0.25, -0.2) is 9.97 Å². The van der Waals surface area contributed by atoms with Crippen LogP contribution >= 0.6 is 0 Å². The maximum Gasteiger partial charge on any atom is 0.221 e. The SMILES string of the molecule is CCCNc1ncnc(OCC2CCOC2)c1C. The third-order valence-electron chi connectivity index (χ3n) is 3.06. The number of nitrogens with one attached hydrogen (secondary N) is 1. The van der Waals surface area contributed by atoms with Gasteiger partial charge in [-0.05, 0) is 19.8 Å². The van der Waals surface area contributed by atoms with Gasteiger partial charge in [-0.2, -0.15) is 0 Å². The molecular formula is C13H21N3O2. The van der Waals surface area contributed by atoms with Gasteiger partial charge in [0.2, 0.25) is 5.88 Å². The van der Waals surface area contributed by atoms with Crippen molar-refractivity contribution in [3.63, 3.8) is 0 Å². The van der Waals surface area contributed by atoms with Crippen LogP contribution in [0.25, 0.3) is 0 Å². The predicted molar refractivity (Wildman–Crippen MR) is 70.0 cm³/mol. The number of rotatable bonds is 6. The minimum atomic E-state index is 0.492. The molecule has 1 atom stereocenters. The second-order valence-electron chi connectivity index (χ2n) is 4.62. The maximum absolute atomic E-state index is 5.77. The van der Waals surface area contributed by atoms with Crippen molar-refractivity contribution in [3.8, 4) is 5.88 Å². The van der Waals surface area contributed by atoms with E-state index in [2.05, 4.69) is 22.2 Å². The number of anilines is 1. The molecule has 1 N–H and O–H groups in total. The molecule has 0 amide bonds. The van der Waals surface area contributed by atoms with Crippen molar-refractivity contribution in [2.75, 3.05) is 31.7 Å². The molecule has 100 valence electrons. The zero-order valence-electron chi connectivity index (χ0n) is 11.1. The minimum absolute atomic E-state index is 0.492. The lowest BCUT2D eigenvalue weighted by atomic mass is 10.1. The lowest BCUT2D eigenvalue weighted by Crippen LogP contribution is -2.14. The molecule has 5 heteroatoms. The van der Waals surface area contributed by atoms with E-state index in [1.165, 1.54) is 0 Å². The van der Waals surface area contributed by atoms with E-state index in [0.717, 1.165) is 44.0 Å². The third kappa shape index (κ3) is 3.32. The summed E-state index contributed by atoms with van der Waals surface area (Å²) in [6, 6.07) is 0. The normalized spacial score (nSPS) is 18.9. The summed E-state index contributed by atoms with van der Waals surface area (Å²) in [6.45, 7) is 7.34. The number of hydrogen-bond acceptors (Lipinski definition) is 5. The third-order valence-corrected chi connectivity index (χ3v) is 3.06. The molecule has 2 rings (SSSR count). The number of hydrogen-bond donors (Lipinski definition) is 1. The minimum Gasteiger partial charge on any atom is -0.477 e. The van der Waals surface area contributed by atoms with Crippen LogP contribution in [-0.4, -0.2) is 36.3 Å². The first-order valence-corrected chi connectivity index (χ1v) is 6.57. The summed E-state index contributed by atoms with van der Waals surface area (Å²) >= 11 is 0. The van der Waals surface area contributed by atoms with Crippen LogP contribution < -0.4 is 10.1 Å². The zero-order chi connectivity index (χ0) is 12.8. The van der Waals surface area contributed by atoms with Gasteiger partial charge >= 0.3 is 0 Å². The molecule has 1 unspecified atom stereocenters. The number of ether oxygens (including phenoxy) is 2. The fourth-order valence-electron chi connectivity index (χ4n) is 1.91. The molecule has 1 saturated heterocycles. The molecule has 0 spiro atoms. The first-order valence-electron chi connectivity index (χ1n) is 6.57. The van der Waals surface area contributed by atoms with Gasteiger partial charge in [-0.1, -0.05) is 6.92 Å². The molecule has 0 aromatic carbocycles. The first kappa shape index (κ1) is 13.1. The van der Waals surface area contributed by atoms with Crippen molar-refractivity contribution in [2.24, 2.45) is 5.92 Å². The number of aromatic nitrogens is 2. The van der Waals surface area contributed by atoms with Crippen molar-refractivity contribution in [3.05, 3.63) is 11.9 Å². The maximum atomic E-state index is 5.77. The summed E-state index contributed by atoms with van der Waals surface area (Å²) in [6.07, 6.45) is 3.69. The van der Waals surface area contributed by atoms with Gasteiger partial charge < -0.3 is 14.8 Å². The highest BCUT2D eigenvalue weighted by atomic mass is 16.5. The molecule has 5 nitrogen and oxygen atoms in total. The highest BCUT2D eigenvalue weighted by Crippen LogP contribution is 2.22. The van der Waals surface area contributed by atoms with Crippen LogP contribution in [0.5, 0.6) is 5.88 Å². The Bertz CT molecular complexity index is 378. The van der Waals surface area contributed by atoms with E-state index < -0.39 is 0 Å². The van der Waals surface area contributed by atoms with E-state index in [9.17, 15) is 0 Å². The summed E-state index contributed by atoms with van der Waals surface area (Å²) in [5, 5.41) is 3.28. The highest BCUT2D eigenvalue weighted by molar-refractivity contribution is 5.47. The van der Waals surface area contributed by atoms with Crippen molar-refractivity contribution in [2.45, 2.75) is 26.7 Å². The van der Waals surface area contributed by atoms with Crippen LogP contribution in [0.3, 0.4) is 0 Å². The van der Waals surface area contributed by atoms with Gasteiger partial charge in [0.15, 0.2) is 0 Å². The summed E-state index contributed by atoms with van der Waals surface area (Å²) in [5.74, 6) is 2.03. The average molecular weight is 251 g/mol. The van der Waals surface area contributed by atoms with Gasteiger partial charge in [-0.3, -0.25) is 0 Å². The van der Waals surface area contributed by atoms with Gasteiger partial charge in [-0.15, -0.1) is 0 Å². The van der Waals surface area contributed by atoms with Gasteiger partial charge in [0, 0.05) is 19.1 Å². The van der Waals surface area contributed by atoms with Crippen molar-refractivity contribution in [1.29, 1.82) is 0 Å². The van der Waals surface area contributed by atoms with Crippen molar-refractivity contribution >= 4 is 5.82 Å². The summed E-state index contributed by atoms with van der Waals surface area (Å²) in [7, 11) is 0. The molecule has 1 aliphatic heterocycles. The largest absolute Gasteiger partial charge is 0.477 e. The predicted octanol–water partition coefficient (Wildman–Crippen LogP) is 2.02. The van der Waals surface area contributed by atoms with Crippen molar-refractivity contribution < 1.29 is 9.47 Å². The quantitative estimate of drug-likeness (QED) is 0.838. The monoisotopic (exact) mass is 251 g/mol. The summed E-state index contributed by atoms with van der Waals surface area (Å²) < 4.78 is 11.1. The van der Waals surface area contributed by atoms with E-state index in [-0.39, 0.29) is 0 Å².